The van der Waals surface area contributed by atoms with Crippen molar-refractivity contribution in [3.05, 3.63) is 72.4 Å². The van der Waals surface area contributed by atoms with Gasteiger partial charge in [-0.25, -0.2) is 9.97 Å². The molecule has 3 heterocycles. The maximum atomic E-state index is 12.7. The second kappa shape index (κ2) is 9.33. The highest BCUT2D eigenvalue weighted by atomic mass is 32.1. The first-order valence-corrected chi connectivity index (χ1v) is 11.4. The van der Waals surface area contributed by atoms with Crippen LogP contribution in [0.15, 0.2) is 72.4 Å². The average Bonchev–Trinajstić information content (AvgIpc) is 3.31. The molecule has 0 atom stereocenters. The number of anilines is 2. The lowest BCUT2D eigenvalue weighted by molar-refractivity contribution is -0.117. The van der Waals surface area contributed by atoms with Crippen LogP contribution in [0.25, 0.3) is 10.2 Å². The zero-order valence-corrected chi connectivity index (χ0v) is 18.3. The molecule has 1 N–H and O–H groups in total. The molecule has 1 amide bonds. The van der Waals surface area contributed by atoms with E-state index in [9.17, 15) is 4.79 Å². The summed E-state index contributed by atoms with van der Waals surface area (Å²) in [5.74, 6) is 2.28. The monoisotopic (exact) mass is 445 g/mol. The summed E-state index contributed by atoms with van der Waals surface area (Å²) in [6.45, 7) is 3.58. The third kappa shape index (κ3) is 4.56. The number of carbonyl (C=O) groups is 1. The second-order valence-corrected chi connectivity index (χ2v) is 8.45. The average molecular weight is 446 g/mol. The van der Waals surface area contributed by atoms with Crippen molar-refractivity contribution in [3.63, 3.8) is 0 Å². The van der Waals surface area contributed by atoms with E-state index in [-0.39, 0.29) is 5.91 Å². The predicted octanol–water partition coefficient (Wildman–Crippen LogP) is 4.24. The van der Waals surface area contributed by atoms with Crippen LogP contribution >= 0.6 is 11.3 Å². The van der Waals surface area contributed by atoms with Crippen molar-refractivity contribution in [2.45, 2.75) is 0 Å². The second-order valence-electron chi connectivity index (χ2n) is 7.56. The highest BCUT2D eigenvalue weighted by molar-refractivity contribution is 7.16. The number of thiophene rings is 1. The summed E-state index contributed by atoms with van der Waals surface area (Å²) in [5.41, 5.74) is 0.667. The van der Waals surface area contributed by atoms with Gasteiger partial charge in [-0.15, -0.1) is 11.3 Å². The molecular weight excluding hydrogens is 422 g/mol. The van der Waals surface area contributed by atoms with E-state index in [1.165, 1.54) is 0 Å². The standard InChI is InChI=1S/C24H23N5O2S/c30-22(27-20-8-4-5-9-21(20)31-18-6-2-1-3-7-18)16-28-11-13-29(14-12-28)23-19-10-15-32-24(19)26-17-25-23/h1-10,15,17H,11-14,16H2,(H,27,30). The van der Waals surface area contributed by atoms with E-state index in [4.69, 9.17) is 4.74 Å². The van der Waals surface area contributed by atoms with Gasteiger partial charge in [0.2, 0.25) is 5.91 Å². The number of carbonyl (C=O) groups excluding carboxylic acids is 1. The lowest BCUT2D eigenvalue weighted by atomic mass is 10.2. The highest BCUT2D eigenvalue weighted by Crippen LogP contribution is 2.29. The number of rotatable bonds is 6. The first-order chi connectivity index (χ1) is 15.8. The third-order valence-electron chi connectivity index (χ3n) is 5.41. The SMILES string of the molecule is O=C(CN1CCN(c2ncnc3sccc23)CC1)Nc1ccccc1Oc1ccccc1. The van der Waals surface area contributed by atoms with Gasteiger partial charge in [-0.3, -0.25) is 9.69 Å². The molecule has 0 saturated carbocycles. The predicted molar refractivity (Wildman–Crippen MR) is 128 cm³/mol. The minimum absolute atomic E-state index is 0.0511. The van der Waals surface area contributed by atoms with Crippen LogP contribution < -0.4 is 15.0 Å². The number of benzene rings is 2. The normalized spacial score (nSPS) is 14.4. The highest BCUT2D eigenvalue weighted by Gasteiger charge is 2.22. The number of hydrogen-bond acceptors (Lipinski definition) is 7. The molecule has 1 saturated heterocycles. The number of aromatic nitrogens is 2. The minimum Gasteiger partial charge on any atom is -0.455 e. The summed E-state index contributed by atoms with van der Waals surface area (Å²) in [7, 11) is 0. The van der Waals surface area contributed by atoms with Crippen LogP contribution in [0.1, 0.15) is 0 Å². The Hall–Kier alpha value is -3.49. The zero-order chi connectivity index (χ0) is 21.8. The number of para-hydroxylation sites is 3. The van der Waals surface area contributed by atoms with Crippen molar-refractivity contribution in [2.75, 3.05) is 42.9 Å². The Morgan fingerprint density at radius 1 is 0.969 bits per heavy atom. The van der Waals surface area contributed by atoms with E-state index in [0.29, 0.717) is 18.0 Å². The van der Waals surface area contributed by atoms with Gasteiger partial charge in [0.05, 0.1) is 17.6 Å². The molecule has 5 rings (SSSR count). The summed E-state index contributed by atoms with van der Waals surface area (Å²) >= 11 is 1.63. The summed E-state index contributed by atoms with van der Waals surface area (Å²) < 4.78 is 5.95. The van der Waals surface area contributed by atoms with Crippen LogP contribution in [0.4, 0.5) is 11.5 Å². The number of fused-ring (bicyclic) bond motifs is 1. The van der Waals surface area contributed by atoms with Gasteiger partial charge in [0.15, 0.2) is 5.75 Å². The Labute approximate surface area is 190 Å². The van der Waals surface area contributed by atoms with Crippen molar-refractivity contribution < 1.29 is 9.53 Å². The van der Waals surface area contributed by atoms with Crippen LogP contribution in [0.2, 0.25) is 0 Å². The molecular formula is C24H23N5O2S. The molecule has 0 spiro atoms. The maximum Gasteiger partial charge on any atom is 0.238 e. The van der Waals surface area contributed by atoms with Gasteiger partial charge in [0, 0.05) is 26.2 Å². The first kappa shape index (κ1) is 20.4. The lowest BCUT2D eigenvalue weighted by Gasteiger charge is -2.35. The van der Waals surface area contributed by atoms with Gasteiger partial charge in [-0.05, 0) is 35.7 Å². The smallest absolute Gasteiger partial charge is 0.238 e. The van der Waals surface area contributed by atoms with Crippen LogP contribution in [0.5, 0.6) is 11.5 Å². The molecule has 1 aliphatic rings. The van der Waals surface area contributed by atoms with Gasteiger partial charge in [-0.1, -0.05) is 30.3 Å². The molecule has 2 aromatic carbocycles. The van der Waals surface area contributed by atoms with Crippen molar-refractivity contribution >= 4 is 39.0 Å². The van der Waals surface area contributed by atoms with Gasteiger partial charge >= 0.3 is 0 Å². The van der Waals surface area contributed by atoms with E-state index in [1.54, 1.807) is 17.7 Å². The quantitative estimate of drug-likeness (QED) is 0.479. The molecule has 162 valence electrons. The van der Waals surface area contributed by atoms with Gasteiger partial charge in [0.25, 0.3) is 0 Å². The summed E-state index contributed by atoms with van der Waals surface area (Å²) in [5, 5.41) is 6.14. The van der Waals surface area contributed by atoms with Gasteiger partial charge in [0.1, 0.15) is 22.7 Å². The largest absolute Gasteiger partial charge is 0.455 e. The molecule has 1 aliphatic heterocycles. The molecule has 2 aromatic heterocycles. The first-order valence-electron chi connectivity index (χ1n) is 10.5. The minimum atomic E-state index is -0.0511. The van der Waals surface area contributed by atoms with E-state index in [1.807, 2.05) is 60.0 Å². The fourth-order valence-corrected chi connectivity index (χ4v) is 4.54. The van der Waals surface area contributed by atoms with E-state index in [0.717, 1.165) is 48.0 Å². The van der Waals surface area contributed by atoms with Crippen molar-refractivity contribution in [1.82, 2.24) is 14.9 Å². The maximum absolute atomic E-state index is 12.7. The van der Waals surface area contributed by atoms with E-state index >= 15 is 0 Å². The van der Waals surface area contributed by atoms with Gasteiger partial charge < -0.3 is 15.0 Å². The number of piperazine rings is 1. The molecule has 4 aromatic rings. The molecule has 7 nitrogen and oxygen atoms in total. The Kier molecular flexibility index (Phi) is 5.96. The van der Waals surface area contributed by atoms with Gasteiger partial charge in [-0.2, -0.15) is 0 Å². The molecule has 0 radical (unpaired) electrons. The number of hydrogen-bond donors (Lipinski definition) is 1. The fourth-order valence-electron chi connectivity index (χ4n) is 3.81. The van der Waals surface area contributed by atoms with E-state index in [2.05, 4.69) is 31.2 Å². The molecule has 8 heteroatoms. The molecule has 32 heavy (non-hydrogen) atoms. The summed E-state index contributed by atoms with van der Waals surface area (Å²) in [4.78, 5) is 27.0. The molecule has 0 bridgehead atoms. The lowest BCUT2D eigenvalue weighted by Crippen LogP contribution is -2.49. The molecule has 0 unspecified atom stereocenters. The number of nitrogens with one attached hydrogen (secondary N) is 1. The van der Waals surface area contributed by atoms with Crippen LogP contribution in [-0.2, 0) is 4.79 Å². The fraction of sp³-hybridized carbons (Fsp3) is 0.208. The van der Waals surface area contributed by atoms with Crippen LogP contribution in [0, 0.1) is 0 Å². The topological polar surface area (TPSA) is 70.6 Å². The number of amides is 1. The van der Waals surface area contributed by atoms with Crippen molar-refractivity contribution in [2.24, 2.45) is 0 Å². The summed E-state index contributed by atoms with van der Waals surface area (Å²) in [6.07, 6.45) is 1.63. The zero-order valence-electron chi connectivity index (χ0n) is 17.5. The number of ether oxygens (including phenoxy) is 1. The Morgan fingerprint density at radius 2 is 1.75 bits per heavy atom. The molecule has 0 aliphatic carbocycles. The van der Waals surface area contributed by atoms with E-state index < -0.39 is 0 Å². The van der Waals surface area contributed by atoms with Crippen molar-refractivity contribution in [3.8, 4) is 11.5 Å². The Morgan fingerprint density at radius 3 is 2.59 bits per heavy atom. The Bertz CT molecular complexity index is 1210. The van der Waals surface area contributed by atoms with Crippen molar-refractivity contribution in [1.29, 1.82) is 0 Å². The van der Waals surface area contributed by atoms with Crippen LogP contribution in [0.3, 0.4) is 0 Å². The summed E-state index contributed by atoms with van der Waals surface area (Å²) in [6, 6.07) is 19.1. The third-order valence-corrected chi connectivity index (χ3v) is 6.23. The number of nitrogens with zero attached hydrogens (tertiary/aromatic N) is 4. The molecule has 1 fully saturated rings. The Balaban J connectivity index is 1.18. The van der Waals surface area contributed by atoms with Crippen LogP contribution in [-0.4, -0.2) is 53.5 Å².